The van der Waals surface area contributed by atoms with Crippen LogP contribution < -0.4 is 5.32 Å². The standard InChI is InChI=1S/C23H21N5O4/c29-20(10-14-4-2-1-3-5-14)18-13-28(26-25-18)16-6-7-17-15(11-16)12-27(23(17)32)19-8-9-21(30)24-22(19)31/h1-7,11,13,19-20,29H,8-10,12H2,(H,24,30,31). The fourth-order valence-corrected chi connectivity index (χ4v) is 4.20. The lowest BCUT2D eigenvalue weighted by atomic mass is 10.0. The van der Waals surface area contributed by atoms with Crippen LogP contribution in [0.5, 0.6) is 0 Å². The van der Waals surface area contributed by atoms with Gasteiger partial charge in [-0.05, 0) is 35.7 Å². The number of rotatable bonds is 5. The van der Waals surface area contributed by atoms with E-state index >= 15 is 0 Å². The Labute approximate surface area is 183 Å². The predicted octanol–water partition coefficient (Wildman–Crippen LogP) is 1.30. The van der Waals surface area contributed by atoms with Crippen LogP contribution in [0.1, 0.15) is 46.1 Å². The molecule has 2 N–H and O–H groups in total. The summed E-state index contributed by atoms with van der Waals surface area (Å²) in [6.07, 6.45) is 1.85. The molecule has 0 radical (unpaired) electrons. The Hall–Kier alpha value is -3.85. The molecule has 0 aliphatic carbocycles. The molecule has 2 aliphatic rings. The second kappa shape index (κ2) is 8.01. The van der Waals surface area contributed by atoms with Gasteiger partial charge >= 0.3 is 0 Å². The third-order valence-corrected chi connectivity index (χ3v) is 5.90. The zero-order valence-corrected chi connectivity index (χ0v) is 17.1. The van der Waals surface area contributed by atoms with Gasteiger partial charge in [0.25, 0.3) is 5.91 Å². The zero-order chi connectivity index (χ0) is 22.2. The van der Waals surface area contributed by atoms with Crippen LogP contribution in [0.15, 0.2) is 54.7 Å². The van der Waals surface area contributed by atoms with Crippen LogP contribution in [0.25, 0.3) is 5.69 Å². The summed E-state index contributed by atoms with van der Waals surface area (Å²) < 4.78 is 1.56. The number of benzene rings is 2. The summed E-state index contributed by atoms with van der Waals surface area (Å²) in [5.41, 5.74) is 3.46. The molecule has 2 aliphatic heterocycles. The van der Waals surface area contributed by atoms with E-state index in [1.165, 1.54) is 4.90 Å². The molecule has 3 heterocycles. The number of nitrogens with one attached hydrogen (secondary N) is 1. The van der Waals surface area contributed by atoms with E-state index in [1.54, 1.807) is 23.0 Å². The first-order chi connectivity index (χ1) is 15.5. The fourth-order valence-electron chi connectivity index (χ4n) is 4.20. The van der Waals surface area contributed by atoms with Crippen molar-refractivity contribution in [1.29, 1.82) is 0 Å². The van der Waals surface area contributed by atoms with Crippen molar-refractivity contribution >= 4 is 17.7 Å². The normalized spacial score (nSPS) is 19.1. The van der Waals surface area contributed by atoms with Crippen LogP contribution in [0.4, 0.5) is 0 Å². The number of amides is 3. The number of hydrogen-bond donors (Lipinski definition) is 2. The monoisotopic (exact) mass is 431 g/mol. The number of carbonyl (C=O) groups is 3. The Bertz CT molecular complexity index is 1210. The van der Waals surface area contributed by atoms with Gasteiger partial charge in [0, 0.05) is 24.9 Å². The van der Waals surface area contributed by atoms with Crippen LogP contribution in [-0.2, 0) is 22.6 Å². The van der Waals surface area contributed by atoms with Gasteiger partial charge in [-0.3, -0.25) is 19.7 Å². The molecule has 9 nitrogen and oxygen atoms in total. The summed E-state index contributed by atoms with van der Waals surface area (Å²) in [5.74, 6) is -0.969. The van der Waals surface area contributed by atoms with Crippen molar-refractivity contribution in [1.82, 2.24) is 25.2 Å². The average Bonchev–Trinajstić information content (AvgIpc) is 3.40. The van der Waals surface area contributed by atoms with Gasteiger partial charge in [-0.25, -0.2) is 4.68 Å². The van der Waals surface area contributed by atoms with Gasteiger partial charge in [0.2, 0.25) is 11.8 Å². The SMILES string of the molecule is O=C1CCC(N2Cc3cc(-n4cc(C(O)Cc5ccccc5)nn4)ccc3C2=O)C(=O)N1. The Morgan fingerprint density at radius 1 is 1.12 bits per heavy atom. The van der Waals surface area contributed by atoms with Gasteiger partial charge in [-0.1, -0.05) is 35.5 Å². The third kappa shape index (κ3) is 3.67. The van der Waals surface area contributed by atoms with Crippen molar-refractivity contribution in [2.75, 3.05) is 0 Å². The first-order valence-electron chi connectivity index (χ1n) is 10.4. The summed E-state index contributed by atoms with van der Waals surface area (Å²) in [7, 11) is 0. The Morgan fingerprint density at radius 2 is 1.94 bits per heavy atom. The Morgan fingerprint density at radius 3 is 2.72 bits per heavy atom. The molecule has 0 bridgehead atoms. The number of carbonyl (C=O) groups excluding carboxylic acids is 3. The predicted molar refractivity (Wildman–Crippen MR) is 113 cm³/mol. The second-order valence-electron chi connectivity index (χ2n) is 8.03. The third-order valence-electron chi connectivity index (χ3n) is 5.90. The summed E-state index contributed by atoms with van der Waals surface area (Å²) in [5, 5.41) is 21.1. The molecule has 1 saturated heterocycles. The highest BCUT2D eigenvalue weighted by molar-refractivity contribution is 6.05. The van der Waals surface area contributed by atoms with Crippen LogP contribution in [-0.4, -0.2) is 48.8 Å². The van der Waals surface area contributed by atoms with Gasteiger partial charge in [0.05, 0.1) is 11.9 Å². The zero-order valence-electron chi connectivity index (χ0n) is 17.1. The lowest BCUT2D eigenvalue weighted by Crippen LogP contribution is -2.52. The number of piperidine rings is 1. The van der Waals surface area contributed by atoms with Crippen LogP contribution >= 0.6 is 0 Å². The molecule has 0 saturated carbocycles. The lowest BCUT2D eigenvalue weighted by Gasteiger charge is -2.29. The number of aromatic nitrogens is 3. The number of aliphatic hydroxyl groups is 1. The van der Waals surface area contributed by atoms with Crippen molar-refractivity contribution in [3.05, 3.63) is 77.1 Å². The number of fused-ring (bicyclic) bond motifs is 1. The Balaban J connectivity index is 1.33. The molecule has 1 fully saturated rings. The fraction of sp³-hybridized carbons (Fsp3) is 0.261. The van der Waals surface area contributed by atoms with Crippen molar-refractivity contribution < 1.29 is 19.5 Å². The topological polar surface area (TPSA) is 117 Å². The molecular weight excluding hydrogens is 410 g/mol. The number of nitrogens with zero attached hydrogens (tertiary/aromatic N) is 4. The maximum atomic E-state index is 12.8. The highest BCUT2D eigenvalue weighted by atomic mass is 16.3. The van der Waals surface area contributed by atoms with Gasteiger partial charge in [-0.15, -0.1) is 5.10 Å². The molecule has 3 amide bonds. The molecule has 2 unspecified atom stereocenters. The van der Waals surface area contributed by atoms with Gasteiger partial charge < -0.3 is 10.0 Å². The van der Waals surface area contributed by atoms with E-state index in [4.69, 9.17) is 0 Å². The van der Waals surface area contributed by atoms with E-state index in [0.717, 1.165) is 11.1 Å². The highest BCUT2D eigenvalue weighted by Gasteiger charge is 2.39. The van der Waals surface area contributed by atoms with E-state index in [1.807, 2.05) is 36.4 Å². The first-order valence-corrected chi connectivity index (χ1v) is 10.4. The molecule has 2 aromatic carbocycles. The molecule has 32 heavy (non-hydrogen) atoms. The van der Waals surface area contributed by atoms with Crippen LogP contribution in [0.3, 0.4) is 0 Å². The van der Waals surface area contributed by atoms with E-state index in [2.05, 4.69) is 15.6 Å². The molecular formula is C23H21N5O4. The maximum Gasteiger partial charge on any atom is 0.255 e. The lowest BCUT2D eigenvalue weighted by molar-refractivity contribution is -0.136. The van der Waals surface area contributed by atoms with E-state index < -0.39 is 18.1 Å². The molecule has 3 aromatic rings. The number of hydrogen-bond acceptors (Lipinski definition) is 6. The molecule has 2 atom stereocenters. The van der Waals surface area contributed by atoms with Crippen molar-refractivity contribution in [3.63, 3.8) is 0 Å². The minimum atomic E-state index is -0.787. The summed E-state index contributed by atoms with van der Waals surface area (Å²) >= 11 is 0. The first kappa shape index (κ1) is 20.1. The molecule has 5 rings (SSSR count). The maximum absolute atomic E-state index is 12.8. The minimum Gasteiger partial charge on any atom is -0.386 e. The van der Waals surface area contributed by atoms with E-state index in [9.17, 15) is 19.5 Å². The van der Waals surface area contributed by atoms with Crippen LogP contribution in [0, 0.1) is 0 Å². The van der Waals surface area contributed by atoms with Crippen molar-refractivity contribution in [3.8, 4) is 5.69 Å². The highest BCUT2D eigenvalue weighted by Crippen LogP contribution is 2.29. The van der Waals surface area contributed by atoms with E-state index in [-0.39, 0.29) is 24.8 Å². The summed E-state index contributed by atoms with van der Waals surface area (Å²) in [6.45, 7) is 0.284. The van der Waals surface area contributed by atoms with Crippen molar-refractivity contribution in [2.45, 2.75) is 38.0 Å². The molecule has 1 aromatic heterocycles. The smallest absolute Gasteiger partial charge is 0.255 e. The molecule has 162 valence electrons. The van der Waals surface area contributed by atoms with Gasteiger partial charge in [-0.2, -0.15) is 0 Å². The Kier molecular flexibility index (Phi) is 5.02. The average molecular weight is 431 g/mol. The van der Waals surface area contributed by atoms with Crippen LogP contribution in [0.2, 0.25) is 0 Å². The quantitative estimate of drug-likeness (QED) is 0.588. The second-order valence-corrected chi connectivity index (χ2v) is 8.03. The number of imide groups is 1. The van der Waals surface area contributed by atoms with Crippen molar-refractivity contribution in [2.24, 2.45) is 0 Å². The number of aliphatic hydroxyl groups excluding tert-OH is 1. The largest absolute Gasteiger partial charge is 0.386 e. The summed E-state index contributed by atoms with van der Waals surface area (Å²) in [6, 6.07) is 14.3. The minimum absolute atomic E-state index is 0.217. The van der Waals surface area contributed by atoms with E-state index in [0.29, 0.717) is 29.8 Å². The summed E-state index contributed by atoms with van der Waals surface area (Å²) in [4.78, 5) is 38.0. The van der Waals surface area contributed by atoms with Gasteiger partial charge in [0.1, 0.15) is 17.8 Å². The molecule has 0 spiro atoms. The van der Waals surface area contributed by atoms with Gasteiger partial charge in [0.15, 0.2) is 0 Å². The molecule has 9 heteroatoms.